The fourth-order valence-electron chi connectivity index (χ4n) is 0.994. The topological polar surface area (TPSA) is 125 Å². The van der Waals surface area contributed by atoms with Gasteiger partial charge in [-0.25, -0.2) is 0 Å². The Morgan fingerprint density at radius 3 is 2.53 bits per heavy atom. The summed E-state index contributed by atoms with van der Waals surface area (Å²) in [4.78, 5) is 29.2. The Balaban J connectivity index is 3.07. The standard InChI is InChI=1S/C10H15N5O2/c1-10(2,3)8(17)15-9-13-6(12)5(4-11)7(16)14-9/h4,11H,1-3H3,(H4,12,13,14,15,16,17). The second-order valence-corrected chi connectivity index (χ2v) is 4.56. The molecule has 0 aliphatic carbocycles. The van der Waals surface area contributed by atoms with Crippen LogP contribution in [0.3, 0.4) is 0 Å². The largest absolute Gasteiger partial charge is 0.383 e. The molecule has 92 valence electrons. The average Bonchev–Trinajstić information content (AvgIpc) is 2.15. The van der Waals surface area contributed by atoms with E-state index in [9.17, 15) is 9.59 Å². The molecule has 0 unspecified atom stereocenters. The van der Waals surface area contributed by atoms with Crippen molar-refractivity contribution in [3.8, 4) is 0 Å². The molecule has 5 N–H and O–H groups in total. The molecule has 0 radical (unpaired) electrons. The van der Waals surface area contributed by atoms with Gasteiger partial charge in [-0.3, -0.25) is 19.9 Å². The number of aromatic nitrogens is 2. The molecule has 17 heavy (non-hydrogen) atoms. The van der Waals surface area contributed by atoms with Crippen LogP contribution in [0.1, 0.15) is 26.3 Å². The second-order valence-electron chi connectivity index (χ2n) is 4.56. The van der Waals surface area contributed by atoms with Crippen LogP contribution >= 0.6 is 0 Å². The maximum absolute atomic E-state index is 11.7. The summed E-state index contributed by atoms with van der Waals surface area (Å²) in [5.74, 6) is -0.395. The number of carbonyl (C=O) groups excluding carboxylic acids is 1. The van der Waals surface area contributed by atoms with Gasteiger partial charge in [0.25, 0.3) is 5.56 Å². The van der Waals surface area contributed by atoms with E-state index in [2.05, 4.69) is 15.3 Å². The summed E-state index contributed by atoms with van der Waals surface area (Å²) in [7, 11) is 0. The zero-order chi connectivity index (χ0) is 13.2. The highest BCUT2D eigenvalue weighted by molar-refractivity contribution is 5.93. The van der Waals surface area contributed by atoms with E-state index in [0.717, 1.165) is 6.21 Å². The molecule has 1 aromatic rings. The number of H-pyrrole nitrogens is 1. The van der Waals surface area contributed by atoms with Gasteiger partial charge in [0.15, 0.2) is 0 Å². The first kappa shape index (κ1) is 12.9. The average molecular weight is 237 g/mol. The van der Waals surface area contributed by atoms with Gasteiger partial charge in [-0.2, -0.15) is 4.98 Å². The number of rotatable bonds is 2. The number of nitrogen functional groups attached to an aromatic ring is 1. The van der Waals surface area contributed by atoms with Gasteiger partial charge in [0, 0.05) is 11.6 Å². The minimum absolute atomic E-state index is 0.0157. The number of nitrogens with two attached hydrogens (primary N) is 1. The van der Waals surface area contributed by atoms with E-state index in [1.165, 1.54) is 0 Å². The van der Waals surface area contributed by atoms with Gasteiger partial charge in [-0.1, -0.05) is 20.8 Å². The van der Waals surface area contributed by atoms with Crippen molar-refractivity contribution in [1.82, 2.24) is 9.97 Å². The maximum Gasteiger partial charge on any atom is 0.263 e. The molecule has 7 heteroatoms. The predicted octanol–water partition coefficient (Wildman–Crippen LogP) is 0.334. The number of amides is 1. The van der Waals surface area contributed by atoms with Crippen molar-refractivity contribution in [2.24, 2.45) is 5.41 Å². The van der Waals surface area contributed by atoms with E-state index < -0.39 is 11.0 Å². The summed E-state index contributed by atoms with van der Waals surface area (Å²) in [6.07, 6.45) is 0.816. The zero-order valence-electron chi connectivity index (χ0n) is 9.92. The Hall–Kier alpha value is -2.18. The van der Waals surface area contributed by atoms with Crippen LogP contribution in [0.2, 0.25) is 0 Å². The highest BCUT2D eigenvalue weighted by atomic mass is 16.2. The third-order valence-corrected chi connectivity index (χ3v) is 2.04. The number of nitrogens with one attached hydrogen (secondary N) is 3. The van der Waals surface area contributed by atoms with Crippen molar-refractivity contribution in [2.45, 2.75) is 20.8 Å². The summed E-state index contributed by atoms with van der Waals surface area (Å²) in [6.45, 7) is 5.20. The molecule has 7 nitrogen and oxygen atoms in total. The molecular formula is C10H15N5O2. The van der Waals surface area contributed by atoms with Gasteiger partial charge in [-0.15, -0.1) is 0 Å². The Morgan fingerprint density at radius 1 is 1.53 bits per heavy atom. The first-order chi connectivity index (χ1) is 7.75. The Labute approximate surface area is 98.0 Å². The van der Waals surface area contributed by atoms with Crippen LogP contribution in [0.15, 0.2) is 4.79 Å². The third-order valence-electron chi connectivity index (χ3n) is 2.04. The molecular weight excluding hydrogens is 222 g/mol. The van der Waals surface area contributed by atoms with Gasteiger partial charge in [0.05, 0.1) is 5.56 Å². The van der Waals surface area contributed by atoms with Crippen molar-refractivity contribution in [1.29, 1.82) is 5.41 Å². The van der Waals surface area contributed by atoms with Crippen LogP contribution in [-0.2, 0) is 4.79 Å². The lowest BCUT2D eigenvalue weighted by molar-refractivity contribution is -0.123. The number of hydrogen-bond acceptors (Lipinski definition) is 5. The van der Waals surface area contributed by atoms with Gasteiger partial charge in [-0.05, 0) is 0 Å². The van der Waals surface area contributed by atoms with Crippen LogP contribution < -0.4 is 16.6 Å². The molecule has 0 fully saturated rings. The fraction of sp³-hybridized carbons (Fsp3) is 0.400. The second kappa shape index (κ2) is 4.36. The lowest BCUT2D eigenvalue weighted by Gasteiger charge is -2.17. The summed E-state index contributed by atoms with van der Waals surface area (Å²) >= 11 is 0. The molecule has 1 heterocycles. The maximum atomic E-state index is 11.7. The molecule has 0 aliphatic heterocycles. The Morgan fingerprint density at radius 2 is 2.12 bits per heavy atom. The van der Waals surface area contributed by atoms with E-state index >= 15 is 0 Å². The van der Waals surface area contributed by atoms with Crippen LogP contribution in [-0.4, -0.2) is 22.1 Å². The van der Waals surface area contributed by atoms with Crippen LogP contribution in [0.25, 0.3) is 0 Å². The number of aromatic amines is 1. The van der Waals surface area contributed by atoms with Gasteiger partial charge < -0.3 is 11.1 Å². The highest BCUT2D eigenvalue weighted by Crippen LogP contribution is 2.15. The molecule has 0 saturated carbocycles. The molecule has 0 aromatic carbocycles. The number of nitrogens with zero attached hydrogens (tertiary/aromatic N) is 1. The molecule has 0 bridgehead atoms. The number of carbonyl (C=O) groups is 1. The zero-order valence-corrected chi connectivity index (χ0v) is 9.92. The Kier molecular flexibility index (Phi) is 3.31. The lowest BCUT2D eigenvalue weighted by Crippen LogP contribution is -2.30. The van der Waals surface area contributed by atoms with Gasteiger partial charge in [0.1, 0.15) is 5.82 Å². The number of anilines is 2. The SMILES string of the molecule is CC(C)(C)C(=O)Nc1nc(N)c(C=N)c(=O)[nH]1. The smallest absolute Gasteiger partial charge is 0.263 e. The van der Waals surface area contributed by atoms with Crippen LogP contribution in [0.4, 0.5) is 11.8 Å². The molecule has 1 rings (SSSR count). The Bertz CT molecular complexity index is 512. The minimum atomic E-state index is -0.604. The normalized spacial score (nSPS) is 11.0. The molecule has 0 spiro atoms. The highest BCUT2D eigenvalue weighted by Gasteiger charge is 2.22. The molecule has 1 amide bonds. The first-order valence-electron chi connectivity index (χ1n) is 4.97. The third kappa shape index (κ3) is 2.90. The van der Waals surface area contributed by atoms with Crippen molar-refractivity contribution >= 4 is 23.9 Å². The van der Waals surface area contributed by atoms with Crippen molar-refractivity contribution < 1.29 is 4.79 Å². The van der Waals surface area contributed by atoms with Crippen LogP contribution in [0.5, 0.6) is 0 Å². The van der Waals surface area contributed by atoms with E-state index in [-0.39, 0.29) is 23.2 Å². The molecule has 0 saturated heterocycles. The van der Waals surface area contributed by atoms with Crippen molar-refractivity contribution in [3.05, 3.63) is 15.9 Å². The first-order valence-corrected chi connectivity index (χ1v) is 4.97. The monoisotopic (exact) mass is 237 g/mol. The molecule has 0 aliphatic rings. The van der Waals surface area contributed by atoms with E-state index in [4.69, 9.17) is 11.1 Å². The molecule has 0 atom stereocenters. The van der Waals surface area contributed by atoms with E-state index in [1.54, 1.807) is 20.8 Å². The van der Waals surface area contributed by atoms with Crippen molar-refractivity contribution in [3.63, 3.8) is 0 Å². The van der Waals surface area contributed by atoms with E-state index in [0.29, 0.717) is 0 Å². The summed E-state index contributed by atoms with van der Waals surface area (Å²) < 4.78 is 0. The fourth-order valence-corrected chi connectivity index (χ4v) is 0.994. The molecule has 1 aromatic heterocycles. The number of hydrogen-bond donors (Lipinski definition) is 4. The summed E-state index contributed by atoms with van der Waals surface area (Å²) in [6, 6.07) is 0. The lowest BCUT2D eigenvalue weighted by atomic mass is 9.96. The van der Waals surface area contributed by atoms with E-state index in [1.807, 2.05) is 0 Å². The predicted molar refractivity (Wildman–Crippen MR) is 65.2 cm³/mol. The minimum Gasteiger partial charge on any atom is -0.383 e. The van der Waals surface area contributed by atoms with Gasteiger partial charge in [0.2, 0.25) is 11.9 Å². The summed E-state index contributed by atoms with van der Waals surface area (Å²) in [5.41, 5.74) is 4.29. The summed E-state index contributed by atoms with van der Waals surface area (Å²) in [5, 5.41) is 9.44. The quantitative estimate of drug-likeness (QED) is 0.553. The van der Waals surface area contributed by atoms with Crippen molar-refractivity contribution in [2.75, 3.05) is 11.1 Å². The van der Waals surface area contributed by atoms with Gasteiger partial charge >= 0.3 is 0 Å². The van der Waals surface area contributed by atoms with Crippen LogP contribution in [0, 0.1) is 10.8 Å².